The number of carboxylic acids is 1. The highest BCUT2D eigenvalue weighted by atomic mass is 16.5. The molecule has 0 aliphatic carbocycles. The molecule has 3 aromatic rings. The summed E-state index contributed by atoms with van der Waals surface area (Å²) >= 11 is 0. The summed E-state index contributed by atoms with van der Waals surface area (Å²) in [6, 6.07) is 15.0. The SMILES string of the molecule is COc1ccc2c(Nc3ccc(CC(=O)O)cc3)ccnc2c1. The van der Waals surface area contributed by atoms with Crippen molar-refractivity contribution in [2.75, 3.05) is 12.4 Å². The number of nitrogens with zero attached hydrogens (tertiary/aromatic N) is 1. The monoisotopic (exact) mass is 308 g/mol. The van der Waals surface area contributed by atoms with Crippen LogP contribution in [0.25, 0.3) is 10.9 Å². The van der Waals surface area contributed by atoms with E-state index in [4.69, 9.17) is 9.84 Å². The minimum Gasteiger partial charge on any atom is -0.497 e. The van der Waals surface area contributed by atoms with Gasteiger partial charge in [0.2, 0.25) is 0 Å². The van der Waals surface area contributed by atoms with Gasteiger partial charge in [0.15, 0.2) is 0 Å². The molecule has 1 aromatic heterocycles. The van der Waals surface area contributed by atoms with E-state index >= 15 is 0 Å². The van der Waals surface area contributed by atoms with Crippen LogP contribution >= 0.6 is 0 Å². The van der Waals surface area contributed by atoms with Crippen molar-refractivity contribution < 1.29 is 14.6 Å². The Bertz CT molecular complexity index is 845. The number of hydrogen-bond acceptors (Lipinski definition) is 4. The Kier molecular flexibility index (Phi) is 4.10. The molecule has 3 rings (SSSR count). The number of anilines is 2. The van der Waals surface area contributed by atoms with Gasteiger partial charge < -0.3 is 15.2 Å². The van der Waals surface area contributed by atoms with Crippen LogP contribution in [0.5, 0.6) is 5.75 Å². The number of aromatic nitrogens is 1. The first-order valence-corrected chi connectivity index (χ1v) is 7.16. The Morgan fingerprint density at radius 1 is 1.17 bits per heavy atom. The number of ether oxygens (including phenoxy) is 1. The number of fused-ring (bicyclic) bond motifs is 1. The lowest BCUT2D eigenvalue weighted by molar-refractivity contribution is -0.136. The quantitative estimate of drug-likeness (QED) is 0.753. The Hall–Kier alpha value is -3.08. The van der Waals surface area contributed by atoms with Gasteiger partial charge in [0, 0.05) is 29.0 Å². The first kappa shape index (κ1) is 14.8. The van der Waals surface area contributed by atoms with Crippen molar-refractivity contribution in [1.82, 2.24) is 4.98 Å². The summed E-state index contributed by atoms with van der Waals surface area (Å²) in [7, 11) is 1.63. The van der Waals surface area contributed by atoms with Gasteiger partial charge >= 0.3 is 5.97 Å². The Balaban J connectivity index is 1.87. The molecule has 0 unspecified atom stereocenters. The third-order valence-corrected chi connectivity index (χ3v) is 3.54. The molecule has 23 heavy (non-hydrogen) atoms. The van der Waals surface area contributed by atoms with Crippen LogP contribution in [0.4, 0.5) is 11.4 Å². The van der Waals surface area contributed by atoms with Crippen molar-refractivity contribution in [1.29, 1.82) is 0 Å². The molecule has 0 aliphatic heterocycles. The highest BCUT2D eigenvalue weighted by Crippen LogP contribution is 2.27. The van der Waals surface area contributed by atoms with Gasteiger partial charge in [-0.15, -0.1) is 0 Å². The fourth-order valence-electron chi connectivity index (χ4n) is 2.40. The summed E-state index contributed by atoms with van der Waals surface area (Å²) in [5, 5.41) is 13.1. The van der Waals surface area contributed by atoms with Gasteiger partial charge in [-0.2, -0.15) is 0 Å². The number of benzene rings is 2. The molecule has 0 radical (unpaired) electrons. The summed E-state index contributed by atoms with van der Waals surface area (Å²) < 4.78 is 5.22. The molecule has 116 valence electrons. The zero-order valence-corrected chi connectivity index (χ0v) is 12.6. The molecule has 5 nitrogen and oxygen atoms in total. The summed E-state index contributed by atoms with van der Waals surface area (Å²) in [5.74, 6) is -0.0695. The van der Waals surface area contributed by atoms with Crippen LogP contribution in [-0.4, -0.2) is 23.2 Å². The predicted octanol–water partition coefficient (Wildman–Crippen LogP) is 3.61. The molecule has 1 heterocycles. The molecule has 0 fully saturated rings. The zero-order chi connectivity index (χ0) is 16.2. The van der Waals surface area contributed by atoms with E-state index in [2.05, 4.69) is 10.3 Å². The standard InChI is InChI=1S/C18H16N2O3/c1-23-14-6-7-15-16(8-9-19-17(15)11-14)20-13-4-2-12(3-5-13)10-18(21)22/h2-9,11H,10H2,1H3,(H,19,20)(H,21,22). The maximum absolute atomic E-state index is 10.7. The third-order valence-electron chi connectivity index (χ3n) is 3.54. The number of carbonyl (C=O) groups is 1. The lowest BCUT2D eigenvalue weighted by Gasteiger charge is -2.10. The Morgan fingerprint density at radius 2 is 1.96 bits per heavy atom. The highest BCUT2D eigenvalue weighted by Gasteiger charge is 2.05. The van der Waals surface area contributed by atoms with E-state index in [1.165, 1.54) is 0 Å². The first-order valence-electron chi connectivity index (χ1n) is 7.16. The number of carboxylic acid groups (broad SMARTS) is 1. The van der Waals surface area contributed by atoms with Crippen LogP contribution in [0, 0.1) is 0 Å². The van der Waals surface area contributed by atoms with Crippen molar-refractivity contribution in [3.63, 3.8) is 0 Å². The van der Waals surface area contributed by atoms with E-state index in [0.717, 1.165) is 33.6 Å². The fraction of sp³-hybridized carbons (Fsp3) is 0.111. The molecule has 0 spiro atoms. The van der Waals surface area contributed by atoms with Crippen molar-refractivity contribution >= 4 is 28.2 Å². The van der Waals surface area contributed by atoms with E-state index in [1.54, 1.807) is 13.3 Å². The van der Waals surface area contributed by atoms with Gasteiger partial charge in [0.05, 0.1) is 19.0 Å². The van der Waals surface area contributed by atoms with Crippen LogP contribution in [0.1, 0.15) is 5.56 Å². The summed E-state index contributed by atoms with van der Waals surface area (Å²) in [5.41, 5.74) is 3.44. The number of nitrogens with one attached hydrogen (secondary N) is 1. The van der Waals surface area contributed by atoms with E-state index in [0.29, 0.717) is 0 Å². The molecule has 5 heteroatoms. The molecule has 0 saturated heterocycles. The van der Waals surface area contributed by atoms with Crippen LogP contribution in [0.15, 0.2) is 54.7 Å². The Labute approximate surface area is 133 Å². The minimum atomic E-state index is -0.834. The number of pyridine rings is 1. The number of hydrogen-bond donors (Lipinski definition) is 2. The number of methoxy groups -OCH3 is 1. The van der Waals surface area contributed by atoms with E-state index in [9.17, 15) is 4.79 Å². The van der Waals surface area contributed by atoms with Gasteiger partial charge in [-0.25, -0.2) is 0 Å². The van der Waals surface area contributed by atoms with Gasteiger partial charge in [-0.1, -0.05) is 12.1 Å². The minimum absolute atomic E-state index is 0.0261. The molecule has 0 atom stereocenters. The van der Waals surface area contributed by atoms with Crippen molar-refractivity contribution in [2.24, 2.45) is 0 Å². The maximum Gasteiger partial charge on any atom is 0.307 e. The van der Waals surface area contributed by atoms with Gasteiger partial charge in [0.25, 0.3) is 0 Å². The van der Waals surface area contributed by atoms with Crippen molar-refractivity contribution in [3.05, 3.63) is 60.3 Å². The summed E-state index contributed by atoms with van der Waals surface area (Å²) in [6.07, 6.45) is 1.77. The predicted molar refractivity (Wildman–Crippen MR) is 89.4 cm³/mol. The molecular formula is C18H16N2O3. The first-order chi connectivity index (χ1) is 11.2. The highest BCUT2D eigenvalue weighted by molar-refractivity contribution is 5.93. The molecule has 0 saturated carbocycles. The van der Waals surface area contributed by atoms with Gasteiger partial charge in [-0.3, -0.25) is 9.78 Å². The molecule has 2 aromatic carbocycles. The van der Waals surface area contributed by atoms with Crippen molar-refractivity contribution in [2.45, 2.75) is 6.42 Å². The maximum atomic E-state index is 10.7. The molecule has 0 bridgehead atoms. The largest absolute Gasteiger partial charge is 0.497 e. The second-order valence-electron chi connectivity index (χ2n) is 5.13. The number of rotatable bonds is 5. The third kappa shape index (κ3) is 3.40. The van der Waals surface area contributed by atoms with E-state index in [1.807, 2.05) is 48.5 Å². The zero-order valence-electron chi connectivity index (χ0n) is 12.6. The van der Waals surface area contributed by atoms with Gasteiger partial charge in [0.1, 0.15) is 5.75 Å². The molecule has 2 N–H and O–H groups in total. The smallest absolute Gasteiger partial charge is 0.307 e. The van der Waals surface area contributed by atoms with Crippen LogP contribution in [0.2, 0.25) is 0 Å². The van der Waals surface area contributed by atoms with Crippen LogP contribution < -0.4 is 10.1 Å². The average Bonchev–Trinajstić information content (AvgIpc) is 2.56. The van der Waals surface area contributed by atoms with E-state index < -0.39 is 5.97 Å². The van der Waals surface area contributed by atoms with E-state index in [-0.39, 0.29) is 6.42 Å². The molecule has 0 aliphatic rings. The molecular weight excluding hydrogens is 292 g/mol. The second kappa shape index (κ2) is 6.36. The van der Waals surface area contributed by atoms with Crippen molar-refractivity contribution in [3.8, 4) is 5.75 Å². The lowest BCUT2D eigenvalue weighted by atomic mass is 10.1. The second-order valence-corrected chi connectivity index (χ2v) is 5.13. The summed E-state index contributed by atoms with van der Waals surface area (Å²) in [4.78, 5) is 15.1. The Morgan fingerprint density at radius 3 is 2.65 bits per heavy atom. The van der Waals surface area contributed by atoms with Crippen LogP contribution in [-0.2, 0) is 11.2 Å². The summed E-state index contributed by atoms with van der Waals surface area (Å²) in [6.45, 7) is 0. The topological polar surface area (TPSA) is 71.5 Å². The lowest BCUT2D eigenvalue weighted by Crippen LogP contribution is -2.00. The fourth-order valence-corrected chi connectivity index (χ4v) is 2.40. The number of aliphatic carboxylic acids is 1. The molecule has 0 amide bonds. The normalized spacial score (nSPS) is 10.5. The van der Waals surface area contributed by atoms with Gasteiger partial charge in [-0.05, 0) is 35.9 Å². The van der Waals surface area contributed by atoms with Crippen LogP contribution in [0.3, 0.4) is 0 Å². The average molecular weight is 308 g/mol.